The Morgan fingerprint density at radius 1 is 0.852 bits per heavy atom. The van der Waals surface area contributed by atoms with E-state index in [4.69, 9.17) is 11.6 Å². The molecule has 3 nitrogen and oxygen atoms in total. The molecule has 0 saturated carbocycles. The fourth-order valence-corrected chi connectivity index (χ4v) is 6.24. The molecule has 5 heteroatoms. The predicted molar refractivity (Wildman–Crippen MR) is 114 cm³/mol. The first-order valence-corrected chi connectivity index (χ1v) is 10.7. The van der Waals surface area contributed by atoms with Crippen molar-refractivity contribution in [3.05, 3.63) is 101 Å². The average molecular weight is 398 g/mol. The second kappa shape index (κ2) is 7.72. The highest BCUT2D eigenvalue weighted by Gasteiger charge is 2.50. The van der Waals surface area contributed by atoms with Gasteiger partial charge in [0.2, 0.25) is 12.4 Å². The van der Waals surface area contributed by atoms with Gasteiger partial charge in [-0.15, -0.1) is 0 Å². The molecule has 0 aliphatic carbocycles. The molecule has 0 unspecified atom stereocenters. The highest BCUT2D eigenvalue weighted by Crippen LogP contribution is 2.56. The molecule has 0 aromatic heterocycles. The molecule has 138 valence electrons. The molecule has 0 aliphatic heterocycles. The topological polar surface area (TPSA) is 43.1 Å². The number of benzene rings is 3. The Hall–Kier alpha value is -2.35. The van der Waals surface area contributed by atoms with Crippen molar-refractivity contribution < 1.29 is 9.30 Å². The van der Waals surface area contributed by atoms with E-state index in [2.05, 4.69) is 0 Å². The van der Waals surface area contributed by atoms with Crippen molar-refractivity contribution >= 4 is 35.6 Å². The number of hydrogen-bond donors (Lipinski definition) is 0. The molecule has 3 aromatic carbocycles. The van der Waals surface area contributed by atoms with Crippen LogP contribution in [0.5, 0.6) is 0 Å². The van der Waals surface area contributed by atoms with Gasteiger partial charge in [-0.2, -0.15) is 4.74 Å². The summed E-state index contributed by atoms with van der Waals surface area (Å²) in [4.78, 5) is 0. The van der Waals surface area contributed by atoms with Gasteiger partial charge in [0, 0.05) is 35.0 Å². The van der Waals surface area contributed by atoms with Crippen LogP contribution in [0.25, 0.3) is 0 Å². The summed E-state index contributed by atoms with van der Waals surface area (Å²) in [6, 6.07) is 25.4. The van der Waals surface area contributed by atoms with E-state index in [1.165, 1.54) is 6.21 Å². The molecule has 0 N–H and O–H groups in total. The summed E-state index contributed by atoms with van der Waals surface area (Å²) in [6.45, 7) is 3.46. The second-order valence-corrected chi connectivity index (χ2v) is 10.6. The van der Waals surface area contributed by atoms with E-state index in [1.807, 2.05) is 60.7 Å². The quantitative estimate of drug-likeness (QED) is 0.199. The smallest absolute Gasteiger partial charge is 0.225 e. The van der Waals surface area contributed by atoms with E-state index < -0.39 is 12.4 Å². The molecule has 3 aromatic rings. The largest absolute Gasteiger partial charge is 0.623 e. The Morgan fingerprint density at radius 2 is 1.30 bits per heavy atom. The molecule has 0 amide bonds. The number of nitrogens with zero attached hydrogens (tertiary/aromatic N) is 1. The Balaban J connectivity index is 2.16. The van der Waals surface area contributed by atoms with Crippen LogP contribution in [0.1, 0.15) is 19.4 Å². The van der Waals surface area contributed by atoms with Crippen LogP contribution in [0.4, 0.5) is 0 Å². The number of hydrogen-bond acceptors (Lipinski definition) is 2. The number of halogens is 1. The normalized spacial score (nSPS) is 12.8. The van der Waals surface area contributed by atoms with Crippen molar-refractivity contribution in [3.8, 4) is 0 Å². The first kappa shape index (κ1) is 19.4. The van der Waals surface area contributed by atoms with Crippen LogP contribution < -0.4 is 10.6 Å². The number of hydroxylamine groups is 1. The third kappa shape index (κ3) is 3.71. The third-order valence-corrected chi connectivity index (χ3v) is 8.73. The van der Waals surface area contributed by atoms with Crippen molar-refractivity contribution in [1.29, 1.82) is 0 Å². The molecular formula is C22H21ClNO2P. The maximum Gasteiger partial charge on any atom is 0.225 e. The van der Waals surface area contributed by atoms with Crippen LogP contribution in [0, 0.1) is 5.21 Å². The van der Waals surface area contributed by atoms with Crippen LogP contribution in [0.2, 0.25) is 5.02 Å². The van der Waals surface area contributed by atoms with Crippen LogP contribution in [0.3, 0.4) is 0 Å². The monoisotopic (exact) mass is 397 g/mol. The standard InChI is InChI=1S/C22H21ClNO2P/c1-22(2,24(25)17-18-13-15-19(23)16-14-18)27(26,20-9-5-3-6-10-20)21-11-7-4-8-12-21/h3-17H,1-2H3/b24-17-. The lowest BCUT2D eigenvalue weighted by Crippen LogP contribution is -2.41. The predicted octanol–water partition coefficient (Wildman–Crippen LogP) is 5.02. The molecule has 27 heavy (non-hydrogen) atoms. The zero-order chi connectivity index (χ0) is 19.5. The minimum atomic E-state index is -3.27. The zero-order valence-corrected chi connectivity index (χ0v) is 16.9. The van der Waals surface area contributed by atoms with Crippen LogP contribution in [-0.2, 0) is 4.57 Å². The summed E-state index contributed by atoms with van der Waals surface area (Å²) in [6.07, 6.45) is 1.47. The number of rotatable bonds is 5. The lowest BCUT2D eigenvalue weighted by Gasteiger charge is -2.33. The van der Waals surface area contributed by atoms with Crippen molar-refractivity contribution in [1.82, 2.24) is 0 Å². The molecular weight excluding hydrogens is 377 g/mol. The summed E-state index contributed by atoms with van der Waals surface area (Å²) >= 11 is 5.92. The van der Waals surface area contributed by atoms with Gasteiger partial charge in [0.25, 0.3) is 0 Å². The minimum Gasteiger partial charge on any atom is -0.623 e. The minimum absolute atomic E-state index is 0.600. The van der Waals surface area contributed by atoms with E-state index in [1.54, 1.807) is 38.1 Å². The summed E-state index contributed by atoms with van der Waals surface area (Å²) < 4.78 is 15.2. The molecule has 0 heterocycles. The van der Waals surface area contributed by atoms with Gasteiger partial charge in [0.15, 0.2) is 6.21 Å². The van der Waals surface area contributed by atoms with Crippen molar-refractivity contribution in [3.63, 3.8) is 0 Å². The first-order chi connectivity index (χ1) is 12.9. The molecule has 0 saturated heterocycles. The highest BCUT2D eigenvalue weighted by atomic mass is 35.5. The van der Waals surface area contributed by atoms with Gasteiger partial charge in [-0.25, -0.2) is 0 Å². The fraction of sp³-hybridized carbons (Fsp3) is 0.136. The maximum atomic E-state index is 14.4. The lowest BCUT2D eigenvalue weighted by atomic mass is 10.2. The Bertz CT molecular complexity index is 940. The summed E-state index contributed by atoms with van der Waals surface area (Å²) in [5, 5.41) is 13.9. The van der Waals surface area contributed by atoms with Gasteiger partial charge in [-0.1, -0.05) is 72.3 Å². The molecule has 0 spiro atoms. The second-order valence-electron chi connectivity index (χ2n) is 6.78. The molecule has 0 fully saturated rings. The van der Waals surface area contributed by atoms with E-state index >= 15 is 0 Å². The van der Waals surface area contributed by atoms with Gasteiger partial charge in [-0.05, 0) is 24.3 Å². The van der Waals surface area contributed by atoms with Crippen LogP contribution >= 0.6 is 18.7 Å². The Labute approximate surface area is 164 Å². The first-order valence-electron chi connectivity index (χ1n) is 8.64. The molecule has 3 rings (SSSR count). The Kier molecular flexibility index (Phi) is 5.55. The molecule has 0 aliphatic rings. The van der Waals surface area contributed by atoms with E-state index in [0.29, 0.717) is 21.2 Å². The van der Waals surface area contributed by atoms with E-state index in [-0.39, 0.29) is 0 Å². The van der Waals surface area contributed by atoms with Gasteiger partial charge >= 0.3 is 0 Å². The molecule has 0 radical (unpaired) electrons. The zero-order valence-electron chi connectivity index (χ0n) is 15.2. The molecule has 0 bridgehead atoms. The van der Waals surface area contributed by atoms with Crippen molar-refractivity contribution in [2.24, 2.45) is 0 Å². The molecule has 0 atom stereocenters. The fourth-order valence-electron chi connectivity index (χ4n) is 3.04. The lowest BCUT2D eigenvalue weighted by molar-refractivity contribution is -0.506. The Morgan fingerprint density at radius 3 is 1.74 bits per heavy atom. The van der Waals surface area contributed by atoms with Crippen molar-refractivity contribution in [2.75, 3.05) is 0 Å². The van der Waals surface area contributed by atoms with Gasteiger partial charge in [0.05, 0.1) is 0 Å². The van der Waals surface area contributed by atoms with Crippen LogP contribution in [-0.4, -0.2) is 16.2 Å². The van der Waals surface area contributed by atoms with Gasteiger partial charge < -0.3 is 9.77 Å². The highest BCUT2D eigenvalue weighted by molar-refractivity contribution is 7.79. The van der Waals surface area contributed by atoms with Gasteiger partial charge in [0.1, 0.15) is 0 Å². The van der Waals surface area contributed by atoms with E-state index in [0.717, 1.165) is 4.74 Å². The summed E-state index contributed by atoms with van der Waals surface area (Å²) in [5.74, 6) is 0. The van der Waals surface area contributed by atoms with E-state index in [9.17, 15) is 9.77 Å². The summed E-state index contributed by atoms with van der Waals surface area (Å²) in [7, 11) is -3.27. The SMILES string of the molecule is CC(C)(/[N+]([O-])=C/c1ccc(Cl)cc1)P(=O)(c1ccccc1)c1ccccc1. The maximum absolute atomic E-state index is 14.4. The average Bonchev–Trinajstić information content (AvgIpc) is 2.70. The van der Waals surface area contributed by atoms with Crippen molar-refractivity contribution in [2.45, 2.75) is 19.1 Å². The third-order valence-electron chi connectivity index (χ3n) is 4.69. The van der Waals surface area contributed by atoms with Crippen LogP contribution in [0.15, 0.2) is 84.9 Å². The summed E-state index contributed by atoms with van der Waals surface area (Å²) in [5.41, 5.74) is 0.704. The van der Waals surface area contributed by atoms with Gasteiger partial charge in [-0.3, -0.25) is 0 Å².